The Morgan fingerprint density at radius 3 is 0.458 bits per heavy atom. The van der Waals surface area contributed by atoms with Crippen LogP contribution in [0.4, 0.5) is 0 Å². The van der Waals surface area contributed by atoms with E-state index >= 15 is 0 Å². The van der Waals surface area contributed by atoms with Crippen molar-refractivity contribution in [2.75, 3.05) is 0 Å². The Labute approximate surface area is 555 Å². The molecule has 0 atom stereocenters. The molecule has 496 valence electrons. The first-order chi connectivity index (χ1) is 45.5. The van der Waals surface area contributed by atoms with Gasteiger partial charge in [-0.05, 0) is 145 Å². The van der Waals surface area contributed by atoms with E-state index in [2.05, 4.69) is 0 Å². The quantitative estimate of drug-likeness (QED) is 0.0563. The van der Waals surface area contributed by atoms with Gasteiger partial charge in [-0.15, -0.1) is 0 Å². The predicted molar refractivity (Wildman–Crippen MR) is 352 cm³/mol. The Balaban J connectivity index is 0.000000150. The van der Waals surface area contributed by atoms with Crippen molar-refractivity contribution in [3.63, 3.8) is 0 Å². The van der Waals surface area contributed by atoms with Crippen LogP contribution in [0.3, 0.4) is 0 Å². The molecule has 8 N–H and O–H groups in total. The minimum absolute atomic E-state index is 0.120. The molecule has 0 aliphatic heterocycles. The normalized spacial score (nSPS) is 11.1. The summed E-state index contributed by atoms with van der Waals surface area (Å²) in [6, 6.07) is 17.2. The molecule has 96 heavy (non-hydrogen) atoms. The molecule has 0 unspecified atom stereocenters. The molecule has 0 saturated heterocycles. The highest BCUT2D eigenvalue weighted by Crippen LogP contribution is 2.43. The zero-order valence-electron chi connectivity index (χ0n) is 51.6. The lowest BCUT2D eigenvalue weighted by molar-refractivity contribution is 0.406. The Kier molecular flexibility index (Phi) is 20.9. The van der Waals surface area contributed by atoms with Gasteiger partial charge in [-0.3, -0.25) is 0 Å². The van der Waals surface area contributed by atoms with Crippen LogP contribution in [0.15, 0.2) is 190 Å². The number of hydrogen-bond donors (Lipinski definition) is 8. The fourth-order valence-electron chi connectivity index (χ4n) is 10.6. The van der Waals surface area contributed by atoms with E-state index < -0.39 is 68.7 Å². The average Bonchev–Trinajstić information content (AvgIpc) is 1.12. The molecule has 0 aromatic carbocycles. The summed E-state index contributed by atoms with van der Waals surface area (Å²) in [5.74, 6) is -4.50. The summed E-state index contributed by atoms with van der Waals surface area (Å²) < 4.78 is 40.5. The zero-order valence-corrected chi connectivity index (χ0v) is 54.9. The van der Waals surface area contributed by atoms with Gasteiger partial charge in [0.25, 0.3) is 0 Å². The van der Waals surface area contributed by atoms with Gasteiger partial charge in [0.2, 0.25) is 0 Å². The van der Waals surface area contributed by atoms with E-state index in [4.69, 9.17) is 35.3 Å². The van der Waals surface area contributed by atoms with Crippen molar-refractivity contribution in [3.05, 3.63) is 312 Å². The highest BCUT2D eigenvalue weighted by atomic mass is 32.1. The van der Waals surface area contributed by atoms with Gasteiger partial charge in [-0.25, -0.2) is 38.4 Å². The minimum atomic E-state index is -0.995. The molecule has 12 aromatic heterocycles. The molecule has 0 amide bonds. The van der Waals surface area contributed by atoms with E-state index in [1.165, 1.54) is 149 Å². The molecule has 24 nitrogen and oxygen atoms in total. The second-order valence-electron chi connectivity index (χ2n) is 21.5. The molecule has 0 bridgehead atoms. The SMILES string of the molecule is Cc1cc(O)c(C(c2ccsc2)c2c(O)cc(C)oc2=O)c(=O)o1.Cc1cc(O)c(C(c2ccsc2)c2c(O)cc(C)oc2=O)c(=O)o1.Cc1cc(O)c(C(c2ccsc2)c2c(O)cc(C)oc2=O)c(=O)o1.Cc1cc(O)c(C(c2ccsc2)c2c(O)cc(C)oc2=O)c(=O)o1. The van der Waals surface area contributed by atoms with Gasteiger partial charge >= 0.3 is 45.0 Å². The van der Waals surface area contributed by atoms with E-state index in [0.29, 0.717) is 22.3 Å². The van der Waals surface area contributed by atoms with E-state index in [9.17, 15) is 79.2 Å². The third-order valence-electron chi connectivity index (χ3n) is 14.5. The van der Waals surface area contributed by atoms with E-state index in [0.717, 1.165) is 0 Å². The largest absolute Gasteiger partial charge is 0.507 e. The second kappa shape index (κ2) is 29.0. The fraction of sp³-hybridized carbons (Fsp3) is 0.176. The van der Waals surface area contributed by atoms with Crippen molar-refractivity contribution in [1.82, 2.24) is 0 Å². The van der Waals surface area contributed by atoms with Gasteiger partial charge in [0.1, 0.15) is 92.1 Å². The fourth-order valence-corrected chi connectivity index (χ4v) is 13.4. The molecule has 28 heteroatoms. The molecule has 12 rings (SSSR count). The van der Waals surface area contributed by atoms with Gasteiger partial charge in [-0.1, -0.05) is 0 Å². The summed E-state index contributed by atoms with van der Waals surface area (Å²) in [6.07, 6.45) is 0. The number of rotatable bonds is 12. The van der Waals surface area contributed by atoms with Gasteiger partial charge in [0.15, 0.2) is 0 Å². The van der Waals surface area contributed by atoms with Crippen molar-refractivity contribution in [2.45, 2.75) is 79.1 Å². The van der Waals surface area contributed by atoms with Crippen molar-refractivity contribution < 1.29 is 76.2 Å². The third kappa shape index (κ3) is 14.9. The maximum Gasteiger partial charge on any atom is 0.343 e. The van der Waals surface area contributed by atoms with Crippen molar-refractivity contribution in [3.8, 4) is 46.0 Å². The Bertz CT molecular complexity index is 4390. The smallest absolute Gasteiger partial charge is 0.343 e. The summed E-state index contributed by atoms with van der Waals surface area (Å²) >= 11 is 5.43. The molecular formula is C68H56O24S4. The lowest BCUT2D eigenvalue weighted by atomic mass is 9.87. The molecular weight excluding hydrogens is 1330 g/mol. The van der Waals surface area contributed by atoms with Crippen molar-refractivity contribution in [2.24, 2.45) is 0 Å². The predicted octanol–water partition coefficient (Wildman–Crippen LogP) is 11.5. The number of aromatic hydroxyl groups is 8. The summed E-state index contributed by atoms with van der Waals surface area (Å²) in [5, 5.41) is 96.1. The van der Waals surface area contributed by atoms with Crippen LogP contribution in [0.1, 0.15) is 137 Å². The molecule has 12 heterocycles. The van der Waals surface area contributed by atoms with Crippen LogP contribution < -0.4 is 45.0 Å². The van der Waals surface area contributed by atoms with Crippen LogP contribution in [0.2, 0.25) is 0 Å². The lowest BCUT2D eigenvalue weighted by Gasteiger charge is -2.17. The monoisotopic (exact) mass is 1380 g/mol. The summed E-state index contributed by atoms with van der Waals surface area (Å²) in [5.41, 5.74) is -4.89. The maximum atomic E-state index is 12.3. The topological polar surface area (TPSA) is 404 Å². The van der Waals surface area contributed by atoms with Crippen LogP contribution in [0, 0.1) is 55.4 Å². The number of aryl methyl sites for hydroxylation is 8. The first-order valence-electron chi connectivity index (χ1n) is 28.3. The van der Waals surface area contributed by atoms with Crippen LogP contribution in [0.25, 0.3) is 0 Å². The number of hydrogen-bond acceptors (Lipinski definition) is 28. The van der Waals surface area contributed by atoms with E-state index in [-0.39, 0.29) is 137 Å². The molecule has 0 saturated carbocycles. The molecule has 0 aliphatic rings. The summed E-state index contributed by atoms with van der Waals surface area (Å²) in [4.78, 5) is 98.6. The molecule has 12 aromatic rings. The van der Waals surface area contributed by atoms with Crippen LogP contribution in [0.5, 0.6) is 46.0 Å². The van der Waals surface area contributed by atoms with Crippen LogP contribution >= 0.6 is 45.3 Å². The van der Waals surface area contributed by atoms with Crippen molar-refractivity contribution >= 4 is 45.3 Å². The lowest BCUT2D eigenvalue weighted by Crippen LogP contribution is -2.21. The van der Waals surface area contributed by atoms with Gasteiger partial charge < -0.3 is 76.2 Å². The number of thiophene rings is 4. The molecule has 0 radical (unpaired) electrons. The highest BCUT2D eigenvalue weighted by molar-refractivity contribution is 7.08. The van der Waals surface area contributed by atoms with Gasteiger partial charge in [-0.2, -0.15) is 45.3 Å². The molecule has 0 fully saturated rings. The average molecular weight is 1390 g/mol. The third-order valence-corrected chi connectivity index (χ3v) is 17.3. The second-order valence-corrected chi connectivity index (χ2v) is 24.6. The van der Waals surface area contributed by atoms with Gasteiger partial charge in [0.05, 0.1) is 68.2 Å². The minimum Gasteiger partial charge on any atom is -0.507 e. The molecule has 0 aliphatic carbocycles. The maximum absolute atomic E-state index is 12.3. The molecule has 0 spiro atoms. The first kappa shape index (κ1) is 69.1. The van der Waals surface area contributed by atoms with Crippen LogP contribution in [-0.2, 0) is 0 Å². The summed E-state index contributed by atoms with van der Waals surface area (Å²) in [7, 11) is 0. The zero-order chi connectivity index (χ0) is 69.7. The highest BCUT2D eigenvalue weighted by Gasteiger charge is 2.35. The Morgan fingerprint density at radius 2 is 0.365 bits per heavy atom. The van der Waals surface area contributed by atoms with E-state index in [1.54, 1.807) is 67.3 Å². The van der Waals surface area contributed by atoms with Gasteiger partial charge in [0, 0.05) is 48.5 Å². The standard InChI is InChI=1S/4C17H14O6S/c4*1-8-5-11(18)14(16(20)22-8)13(10-3-4-24-7-10)15-12(19)6-9(2)23-17(15)21/h4*3-7,13,18-19H,1-2H3. The summed E-state index contributed by atoms with van der Waals surface area (Å²) in [6.45, 7) is 12.2. The Morgan fingerprint density at radius 1 is 0.240 bits per heavy atom. The first-order valence-corrected chi connectivity index (χ1v) is 32.1. The van der Waals surface area contributed by atoms with Crippen molar-refractivity contribution in [1.29, 1.82) is 0 Å². The van der Waals surface area contributed by atoms with E-state index in [1.807, 2.05) is 0 Å². The Hall–Kier alpha value is -11.2. The van der Waals surface area contributed by atoms with Crippen LogP contribution in [-0.4, -0.2) is 40.9 Å².